The van der Waals surface area contributed by atoms with Crippen LogP contribution in [0.4, 0.5) is 0 Å². The van der Waals surface area contributed by atoms with Gasteiger partial charge in [-0.25, -0.2) is 9.97 Å². The van der Waals surface area contributed by atoms with E-state index in [4.69, 9.17) is 0 Å². The molecule has 0 aliphatic carbocycles. The number of nitrogens with zero attached hydrogens (tertiary/aromatic N) is 6. The van der Waals surface area contributed by atoms with Crippen LogP contribution in [0.15, 0.2) is 104 Å². The molecule has 0 spiro atoms. The third-order valence-electron chi connectivity index (χ3n) is 7.72. The zero-order valence-electron chi connectivity index (χ0n) is 35.5. The normalized spacial score (nSPS) is 11.6. The standard InChI is InChI=1S/C10H15N.C10H14.C9H14N2.C9H13N.C8H12N2/c1-8-7-9(5-6-11-8)10(2,3)4;1-10(2,3)9-7-5-4-6-8-9;1-7-5-11-8(6-10-7)9(2,3)4;1-9(2,3)8-5-4-6-10-7-8;1-8(2,3)7-9-5-4-6-10-7/h5-7H,1-4H3;4-8H,1-3H3;5-6H,1-4H3;4-7H,1-3H3;4-6H,1-3H3. The molecule has 5 aromatic rings. The molecule has 52 heavy (non-hydrogen) atoms. The molecular weight excluding hydrogens is 637 g/mol. The monoisotopic (exact) mass is 705 g/mol. The van der Waals surface area contributed by atoms with E-state index in [2.05, 4.69) is 182 Å². The minimum Gasteiger partial charge on any atom is -0.264 e. The predicted molar refractivity (Wildman–Crippen MR) is 222 cm³/mol. The van der Waals surface area contributed by atoms with Crippen molar-refractivity contribution in [3.05, 3.63) is 144 Å². The van der Waals surface area contributed by atoms with E-state index in [1.807, 2.05) is 44.6 Å². The molecule has 5 rings (SSSR count). The molecule has 0 amide bonds. The van der Waals surface area contributed by atoms with Gasteiger partial charge in [0, 0.05) is 59.9 Å². The molecule has 4 aromatic heterocycles. The Morgan fingerprint density at radius 2 is 0.904 bits per heavy atom. The summed E-state index contributed by atoms with van der Waals surface area (Å²) in [6, 6.07) is 20.7. The average molecular weight is 705 g/mol. The van der Waals surface area contributed by atoms with Gasteiger partial charge in [0.15, 0.2) is 0 Å². The lowest BCUT2D eigenvalue weighted by atomic mass is 9.87. The Morgan fingerprint density at radius 1 is 0.365 bits per heavy atom. The van der Waals surface area contributed by atoms with Crippen molar-refractivity contribution < 1.29 is 0 Å². The summed E-state index contributed by atoms with van der Waals surface area (Å²) in [5, 5.41) is 0. The zero-order valence-corrected chi connectivity index (χ0v) is 35.5. The van der Waals surface area contributed by atoms with Crippen molar-refractivity contribution in [3.63, 3.8) is 0 Å². The Kier molecular flexibility index (Phi) is 17.6. The Balaban J connectivity index is 0.000000325. The van der Waals surface area contributed by atoms with Crippen LogP contribution in [0.2, 0.25) is 0 Å². The quantitative estimate of drug-likeness (QED) is 0.160. The Bertz CT molecular complexity index is 1550. The molecule has 0 atom stereocenters. The SMILES string of the molecule is CC(C)(C)c1ccccc1.CC(C)(C)c1cccnc1.CC(C)(C)c1ncccn1.Cc1cc(C(C)(C)C)ccn1.Cc1cnc(C(C)(C)C)cn1. The summed E-state index contributed by atoms with van der Waals surface area (Å²) in [5.74, 6) is 0.898. The fourth-order valence-corrected chi connectivity index (χ4v) is 4.22. The van der Waals surface area contributed by atoms with Crippen molar-refractivity contribution in [2.75, 3.05) is 0 Å². The summed E-state index contributed by atoms with van der Waals surface area (Å²) in [4.78, 5) is 25.0. The van der Waals surface area contributed by atoms with E-state index in [1.54, 1.807) is 24.8 Å². The lowest BCUT2D eigenvalue weighted by Gasteiger charge is -2.18. The van der Waals surface area contributed by atoms with Crippen molar-refractivity contribution in [1.82, 2.24) is 29.9 Å². The molecule has 6 nitrogen and oxygen atoms in total. The predicted octanol–water partition coefficient (Wildman–Crippen LogP) is 11.9. The van der Waals surface area contributed by atoms with E-state index in [0.717, 1.165) is 22.9 Å². The average Bonchev–Trinajstić information content (AvgIpc) is 3.06. The second-order valence-electron chi connectivity index (χ2n) is 18.2. The third kappa shape index (κ3) is 18.8. The molecule has 0 N–H and O–H groups in total. The number of aryl methyl sites for hydroxylation is 2. The fourth-order valence-electron chi connectivity index (χ4n) is 4.22. The van der Waals surface area contributed by atoms with Gasteiger partial charge in [-0.1, -0.05) is 140 Å². The van der Waals surface area contributed by atoms with Gasteiger partial charge in [-0.05, 0) is 71.0 Å². The first-order valence-corrected chi connectivity index (χ1v) is 18.3. The highest BCUT2D eigenvalue weighted by atomic mass is 14.9. The van der Waals surface area contributed by atoms with E-state index < -0.39 is 0 Å². The van der Waals surface area contributed by atoms with Crippen molar-refractivity contribution in [1.29, 1.82) is 0 Å². The molecule has 1 aromatic carbocycles. The van der Waals surface area contributed by atoms with Crippen LogP contribution >= 0.6 is 0 Å². The van der Waals surface area contributed by atoms with Crippen LogP contribution in [0, 0.1) is 13.8 Å². The lowest BCUT2D eigenvalue weighted by molar-refractivity contribution is 0.545. The van der Waals surface area contributed by atoms with E-state index in [1.165, 1.54) is 16.7 Å². The highest BCUT2D eigenvalue weighted by Crippen LogP contribution is 2.23. The first kappa shape index (κ1) is 45.7. The largest absolute Gasteiger partial charge is 0.264 e. The van der Waals surface area contributed by atoms with Gasteiger partial charge in [-0.2, -0.15) is 0 Å². The summed E-state index contributed by atoms with van der Waals surface area (Å²) in [6.07, 6.45) is 12.8. The van der Waals surface area contributed by atoms with Crippen molar-refractivity contribution in [3.8, 4) is 0 Å². The summed E-state index contributed by atoms with van der Waals surface area (Å²) in [7, 11) is 0. The Hall–Kier alpha value is -4.32. The molecule has 0 saturated heterocycles. The molecule has 282 valence electrons. The number of hydrogen-bond acceptors (Lipinski definition) is 6. The minimum atomic E-state index is 0.0707. The Morgan fingerprint density at radius 3 is 1.23 bits per heavy atom. The second kappa shape index (κ2) is 20.1. The van der Waals surface area contributed by atoms with Crippen molar-refractivity contribution >= 4 is 0 Å². The van der Waals surface area contributed by atoms with Crippen LogP contribution in [0.3, 0.4) is 0 Å². The van der Waals surface area contributed by atoms with Gasteiger partial charge in [0.1, 0.15) is 5.82 Å². The first-order valence-electron chi connectivity index (χ1n) is 18.3. The Labute approximate surface area is 317 Å². The summed E-state index contributed by atoms with van der Waals surface area (Å²) < 4.78 is 0. The second-order valence-corrected chi connectivity index (χ2v) is 18.2. The van der Waals surface area contributed by atoms with Gasteiger partial charge in [0.2, 0.25) is 0 Å². The molecule has 0 aliphatic rings. The third-order valence-corrected chi connectivity index (χ3v) is 7.72. The summed E-state index contributed by atoms with van der Waals surface area (Å²) >= 11 is 0. The van der Waals surface area contributed by atoms with Gasteiger partial charge >= 0.3 is 0 Å². The molecule has 0 saturated carbocycles. The molecule has 0 fully saturated rings. The van der Waals surface area contributed by atoms with E-state index in [0.29, 0.717) is 5.41 Å². The summed E-state index contributed by atoms with van der Waals surface area (Å²) in [5.41, 5.74) is 8.10. The van der Waals surface area contributed by atoms with Crippen LogP contribution in [-0.4, -0.2) is 29.9 Å². The van der Waals surface area contributed by atoms with Gasteiger partial charge in [-0.15, -0.1) is 0 Å². The number of hydrogen-bond donors (Lipinski definition) is 0. The first-order chi connectivity index (χ1) is 23.8. The van der Waals surface area contributed by atoms with Crippen molar-refractivity contribution in [2.24, 2.45) is 0 Å². The van der Waals surface area contributed by atoms with Crippen LogP contribution in [0.1, 0.15) is 143 Å². The van der Waals surface area contributed by atoms with Crippen LogP contribution in [0.5, 0.6) is 0 Å². The maximum atomic E-state index is 4.29. The number of pyridine rings is 2. The topological polar surface area (TPSA) is 77.3 Å². The molecule has 4 heterocycles. The molecule has 6 heteroatoms. The lowest BCUT2D eigenvalue weighted by Crippen LogP contribution is -2.14. The van der Waals surface area contributed by atoms with Crippen LogP contribution in [-0.2, 0) is 27.1 Å². The number of rotatable bonds is 0. The van der Waals surface area contributed by atoms with Gasteiger partial charge in [0.25, 0.3) is 0 Å². The zero-order chi connectivity index (χ0) is 39.8. The smallest absolute Gasteiger partial charge is 0.133 e. The van der Waals surface area contributed by atoms with Crippen molar-refractivity contribution in [2.45, 2.75) is 145 Å². The van der Waals surface area contributed by atoms with Gasteiger partial charge < -0.3 is 0 Å². The van der Waals surface area contributed by atoms with Gasteiger partial charge in [0.05, 0.1) is 11.4 Å². The van der Waals surface area contributed by atoms with E-state index in [9.17, 15) is 0 Å². The maximum absolute atomic E-state index is 4.29. The van der Waals surface area contributed by atoms with E-state index in [-0.39, 0.29) is 21.7 Å². The summed E-state index contributed by atoms with van der Waals surface area (Å²) in [6.45, 7) is 36.5. The molecule has 0 aliphatic heterocycles. The minimum absolute atomic E-state index is 0.0707. The molecular formula is C46H68N6. The number of benzene rings is 1. The number of aromatic nitrogens is 6. The maximum Gasteiger partial charge on any atom is 0.133 e. The highest BCUT2D eigenvalue weighted by Gasteiger charge is 2.16. The van der Waals surface area contributed by atoms with Crippen LogP contribution < -0.4 is 0 Å². The highest BCUT2D eigenvalue weighted by molar-refractivity contribution is 5.23. The van der Waals surface area contributed by atoms with Crippen LogP contribution in [0.25, 0.3) is 0 Å². The van der Waals surface area contributed by atoms with E-state index >= 15 is 0 Å². The fraction of sp³-hybridized carbons (Fsp3) is 0.478. The molecule has 0 unspecified atom stereocenters. The van der Waals surface area contributed by atoms with Gasteiger partial charge in [-0.3, -0.25) is 19.9 Å². The molecule has 0 bridgehead atoms. The molecule has 0 radical (unpaired) electrons.